The summed E-state index contributed by atoms with van der Waals surface area (Å²) in [5.74, 6) is 0.283. The number of benzene rings is 1. The van der Waals surface area contributed by atoms with E-state index in [2.05, 4.69) is 17.8 Å². The predicted molar refractivity (Wildman–Crippen MR) is 53.9 cm³/mol. The Bertz CT molecular complexity index is 467. The summed E-state index contributed by atoms with van der Waals surface area (Å²) in [6, 6.07) is 6.39. The van der Waals surface area contributed by atoms with Crippen LogP contribution < -0.4 is 0 Å². The van der Waals surface area contributed by atoms with Crippen molar-refractivity contribution in [3.05, 3.63) is 35.8 Å². The van der Waals surface area contributed by atoms with Crippen molar-refractivity contribution in [2.24, 2.45) is 0 Å². The van der Waals surface area contributed by atoms with Crippen LogP contribution in [0, 0.1) is 12.7 Å². The van der Waals surface area contributed by atoms with Gasteiger partial charge in [0.15, 0.2) is 5.76 Å². The summed E-state index contributed by atoms with van der Waals surface area (Å²) in [5.41, 5.74) is 1.57. The third-order valence-electron chi connectivity index (χ3n) is 1.86. The Hall–Kier alpha value is -1.29. The SMILES string of the molecule is Cc1cc(-c2ccc(F)c(S)c2)on1. The van der Waals surface area contributed by atoms with Gasteiger partial charge in [0.2, 0.25) is 0 Å². The Kier molecular flexibility index (Phi) is 2.29. The van der Waals surface area contributed by atoms with Gasteiger partial charge in [-0.25, -0.2) is 4.39 Å². The molecule has 0 aliphatic rings. The van der Waals surface area contributed by atoms with Gasteiger partial charge in [0.1, 0.15) is 5.82 Å². The number of nitrogens with zero attached hydrogens (tertiary/aromatic N) is 1. The van der Waals surface area contributed by atoms with Crippen LogP contribution in [0.15, 0.2) is 33.7 Å². The fourth-order valence-corrected chi connectivity index (χ4v) is 1.38. The van der Waals surface area contributed by atoms with Crippen LogP contribution in [0.2, 0.25) is 0 Å². The van der Waals surface area contributed by atoms with Crippen molar-refractivity contribution in [1.82, 2.24) is 5.16 Å². The minimum Gasteiger partial charge on any atom is -0.356 e. The molecule has 1 heterocycles. The number of thiol groups is 1. The molecule has 0 saturated carbocycles. The van der Waals surface area contributed by atoms with Crippen molar-refractivity contribution in [1.29, 1.82) is 0 Å². The first kappa shape index (κ1) is 9.27. The van der Waals surface area contributed by atoms with E-state index in [1.54, 1.807) is 18.2 Å². The highest BCUT2D eigenvalue weighted by atomic mass is 32.1. The summed E-state index contributed by atoms with van der Waals surface area (Å²) in [6.45, 7) is 1.83. The monoisotopic (exact) mass is 209 g/mol. The molecule has 0 bridgehead atoms. The van der Waals surface area contributed by atoms with Crippen LogP contribution in [0.1, 0.15) is 5.69 Å². The third kappa shape index (κ3) is 1.65. The van der Waals surface area contributed by atoms with E-state index in [1.807, 2.05) is 6.92 Å². The zero-order valence-corrected chi connectivity index (χ0v) is 8.38. The van der Waals surface area contributed by atoms with Crippen LogP contribution in [0.4, 0.5) is 4.39 Å². The summed E-state index contributed by atoms with van der Waals surface area (Å²) >= 11 is 3.99. The van der Waals surface area contributed by atoms with E-state index >= 15 is 0 Å². The molecule has 0 spiro atoms. The Morgan fingerprint density at radius 2 is 2.14 bits per heavy atom. The van der Waals surface area contributed by atoms with E-state index in [0.29, 0.717) is 10.7 Å². The van der Waals surface area contributed by atoms with Crippen molar-refractivity contribution < 1.29 is 8.91 Å². The fraction of sp³-hybridized carbons (Fsp3) is 0.100. The van der Waals surface area contributed by atoms with Gasteiger partial charge in [0, 0.05) is 16.5 Å². The van der Waals surface area contributed by atoms with Gasteiger partial charge in [0.05, 0.1) is 5.69 Å². The highest BCUT2D eigenvalue weighted by Crippen LogP contribution is 2.24. The van der Waals surface area contributed by atoms with Crippen LogP contribution in [0.5, 0.6) is 0 Å². The van der Waals surface area contributed by atoms with Crippen molar-refractivity contribution >= 4 is 12.6 Å². The van der Waals surface area contributed by atoms with E-state index in [1.165, 1.54) is 6.07 Å². The number of hydrogen-bond donors (Lipinski definition) is 1. The lowest BCUT2D eigenvalue weighted by Gasteiger charge is -1.97. The Morgan fingerprint density at radius 1 is 1.36 bits per heavy atom. The van der Waals surface area contributed by atoms with Gasteiger partial charge >= 0.3 is 0 Å². The maximum absolute atomic E-state index is 12.9. The standard InChI is InChI=1S/C10H8FNOS/c1-6-4-9(13-12-6)7-2-3-8(11)10(14)5-7/h2-5,14H,1H3. The van der Waals surface area contributed by atoms with Crippen molar-refractivity contribution in [3.8, 4) is 11.3 Å². The first-order chi connectivity index (χ1) is 6.66. The normalized spacial score (nSPS) is 10.5. The molecule has 2 aromatic rings. The second-order valence-electron chi connectivity index (χ2n) is 3.00. The van der Waals surface area contributed by atoms with Crippen LogP contribution in [-0.2, 0) is 0 Å². The average molecular weight is 209 g/mol. The van der Waals surface area contributed by atoms with Crippen molar-refractivity contribution in [3.63, 3.8) is 0 Å². The van der Waals surface area contributed by atoms with Crippen LogP contribution >= 0.6 is 12.6 Å². The maximum atomic E-state index is 12.9. The molecule has 0 unspecified atom stereocenters. The molecule has 0 aliphatic heterocycles. The zero-order chi connectivity index (χ0) is 10.1. The number of hydrogen-bond acceptors (Lipinski definition) is 3. The first-order valence-corrected chi connectivity index (χ1v) is 4.54. The lowest BCUT2D eigenvalue weighted by molar-refractivity contribution is 0.427. The number of aromatic nitrogens is 1. The zero-order valence-electron chi connectivity index (χ0n) is 7.49. The Balaban J connectivity index is 2.47. The van der Waals surface area contributed by atoms with Gasteiger partial charge in [-0.1, -0.05) is 5.16 Å². The van der Waals surface area contributed by atoms with E-state index in [9.17, 15) is 4.39 Å². The van der Waals surface area contributed by atoms with Crippen LogP contribution in [0.3, 0.4) is 0 Å². The second-order valence-corrected chi connectivity index (χ2v) is 3.48. The molecule has 0 aliphatic carbocycles. The number of rotatable bonds is 1. The molecule has 0 fully saturated rings. The molecule has 1 aromatic carbocycles. The third-order valence-corrected chi connectivity index (χ3v) is 2.20. The molecule has 0 saturated heterocycles. The van der Waals surface area contributed by atoms with Gasteiger partial charge in [0.25, 0.3) is 0 Å². The fourth-order valence-electron chi connectivity index (χ4n) is 1.17. The van der Waals surface area contributed by atoms with E-state index < -0.39 is 0 Å². The average Bonchev–Trinajstić information content (AvgIpc) is 2.57. The maximum Gasteiger partial charge on any atom is 0.167 e. The van der Waals surface area contributed by atoms with Crippen LogP contribution in [0.25, 0.3) is 11.3 Å². The summed E-state index contributed by atoms with van der Waals surface area (Å²) in [7, 11) is 0. The van der Waals surface area contributed by atoms with Gasteiger partial charge in [-0.05, 0) is 25.1 Å². The molecular weight excluding hydrogens is 201 g/mol. The van der Waals surface area contributed by atoms with E-state index in [4.69, 9.17) is 4.52 Å². The van der Waals surface area contributed by atoms with Crippen LogP contribution in [-0.4, -0.2) is 5.16 Å². The molecule has 14 heavy (non-hydrogen) atoms. The van der Waals surface area contributed by atoms with E-state index in [0.717, 1.165) is 11.3 Å². The minimum absolute atomic E-state index is 0.302. The Morgan fingerprint density at radius 3 is 2.71 bits per heavy atom. The number of aryl methyl sites for hydroxylation is 1. The molecule has 2 nitrogen and oxygen atoms in total. The van der Waals surface area contributed by atoms with E-state index in [-0.39, 0.29) is 5.82 Å². The molecule has 4 heteroatoms. The largest absolute Gasteiger partial charge is 0.356 e. The lowest BCUT2D eigenvalue weighted by atomic mass is 10.1. The summed E-state index contributed by atoms with van der Waals surface area (Å²) in [4.78, 5) is 0.302. The molecule has 1 aromatic heterocycles. The molecule has 0 atom stereocenters. The second kappa shape index (κ2) is 3.46. The minimum atomic E-state index is -0.340. The lowest BCUT2D eigenvalue weighted by Crippen LogP contribution is -1.79. The quantitative estimate of drug-likeness (QED) is 0.730. The van der Waals surface area contributed by atoms with Gasteiger partial charge in [-0.2, -0.15) is 0 Å². The predicted octanol–water partition coefficient (Wildman–Crippen LogP) is 3.08. The highest BCUT2D eigenvalue weighted by Gasteiger charge is 2.06. The smallest absolute Gasteiger partial charge is 0.167 e. The topological polar surface area (TPSA) is 26.0 Å². The molecular formula is C10H8FNOS. The summed E-state index contributed by atoms with van der Waals surface area (Å²) < 4.78 is 17.9. The van der Waals surface area contributed by atoms with Crippen molar-refractivity contribution in [2.75, 3.05) is 0 Å². The molecule has 0 N–H and O–H groups in total. The molecule has 2 rings (SSSR count). The Labute approximate surface area is 86.1 Å². The van der Waals surface area contributed by atoms with Gasteiger partial charge < -0.3 is 4.52 Å². The molecule has 0 radical (unpaired) electrons. The first-order valence-electron chi connectivity index (χ1n) is 4.09. The summed E-state index contributed by atoms with van der Waals surface area (Å²) in [5, 5.41) is 3.75. The van der Waals surface area contributed by atoms with Gasteiger partial charge in [-0.3, -0.25) is 0 Å². The number of halogens is 1. The van der Waals surface area contributed by atoms with Crippen molar-refractivity contribution in [2.45, 2.75) is 11.8 Å². The van der Waals surface area contributed by atoms with Gasteiger partial charge in [-0.15, -0.1) is 12.6 Å². The highest BCUT2D eigenvalue weighted by molar-refractivity contribution is 7.80. The molecule has 72 valence electrons. The summed E-state index contributed by atoms with van der Waals surface area (Å²) in [6.07, 6.45) is 0. The molecule has 0 amide bonds.